The molecule has 2 aliphatic rings. The van der Waals surface area contributed by atoms with Crippen LogP contribution in [0.25, 0.3) is 0 Å². The molecule has 7 nitrogen and oxygen atoms in total. The summed E-state index contributed by atoms with van der Waals surface area (Å²) in [5, 5.41) is 9.02. The Morgan fingerprint density at radius 2 is 1.59 bits per heavy atom. The summed E-state index contributed by atoms with van der Waals surface area (Å²) in [4.78, 5) is 25.9. The monoisotopic (exact) mass is 565 g/mol. The van der Waals surface area contributed by atoms with Gasteiger partial charge in [-0.2, -0.15) is 13.2 Å². The first-order valence-electron chi connectivity index (χ1n) is 13.3. The Bertz CT molecular complexity index is 1280. The molecule has 0 atom stereocenters. The Hall–Kier alpha value is -3.08. The van der Waals surface area contributed by atoms with E-state index in [1.165, 1.54) is 12.1 Å². The quantitative estimate of drug-likeness (QED) is 0.344. The van der Waals surface area contributed by atoms with Crippen LogP contribution in [0.15, 0.2) is 47.4 Å². The van der Waals surface area contributed by atoms with Crippen LogP contribution in [0.3, 0.4) is 0 Å². The van der Waals surface area contributed by atoms with Crippen LogP contribution in [0, 0.1) is 11.8 Å². The van der Waals surface area contributed by atoms with Crippen LogP contribution in [-0.2, 0) is 21.2 Å². The third-order valence-corrected chi connectivity index (χ3v) is 9.14. The van der Waals surface area contributed by atoms with Crippen LogP contribution in [0.2, 0.25) is 0 Å². The van der Waals surface area contributed by atoms with Gasteiger partial charge in [-0.25, -0.2) is 8.42 Å². The van der Waals surface area contributed by atoms with Crippen molar-refractivity contribution in [2.24, 2.45) is 11.8 Å². The van der Waals surface area contributed by atoms with E-state index in [1.54, 1.807) is 37.3 Å². The fraction of sp³-hybridized carbons (Fsp3) is 0.500. The number of anilines is 2. The summed E-state index contributed by atoms with van der Waals surface area (Å²) in [6.07, 6.45) is -1.22. The van der Waals surface area contributed by atoms with Gasteiger partial charge in [0.05, 0.1) is 27.9 Å². The molecule has 2 amide bonds. The molecular formula is C28H34F3N3O4S. The van der Waals surface area contributed by atoms with Crippen molar-refractivity contribution in [2.75, 3.05) is 16.4 Å². The fourth-order valence-electron chi connectivity index (χ4n) is 4.79. The molecule has 39 heavy (non-hydrogen) atoms. The zero-order valence-corrected chi connectivity index (χ0v) is 22.6. The molecule has 212 valence electrons. The Labute approximate surface area is 226 Å². The molecule has 11 heteroatoms. The van der Waals surface area contributed by atoms with Crippen molar-refractivity contribution in [3.63, 3.8) is 0 Å². The molecule has 2 aromatic rings. The Morgan fingerprint density at radius 1 is 0.923 bits per heavy atom. The number of hydrogen-bond donors (Lipinski definition) is 3. The second-order valence-corrected chi connectivity index (χ2v) is 12.7. The zero-order chi connectivity index (χ0) is 28.2. The van der Waals surface area contributed by atoms with E-state index in [0.717, 1.165) is 18.4 Å². The van der Waals surface area contributed by atoms with Crippen molar-refractivity contribution in [1.82, 2.24) is 5.32 Å². The largest absolute Gasteiger partial charge is 0.391 e. The molecule has 0 saturated heterocycles. The molecule has 4 rings (SSSR count). The molecular weight excluding hydrogens is 531 g/mol. The number of alkyl halides is 3. The van der Waals surface area contributed by atoms with Gasteiger partial charge in [-0.1, -0.05) is 19.1 Å². The standard InChI is InChI=1S/C28H34F3N3O4S/c1-2-39(37,38)23-12-5-19(6-13-23)17-32-27(36)20-7-14-24(33-22-10-11-22)25(16-20)34-26(35)15-18-3-8-21(9-4-18)28(29,30)31/h5-7,12-14,16,18,21-22,33H,2-4,8-11,15,17H2,1H3,(H,32,36)(H,34,35). The summed E-state index contributed by atoms with van der Waals surface area (Å²) in [5.74, 6) is -2.03. The van der Waals surface area contributed by atoms with Crippen molar-refractivity contribution in [3.05, 3.63) is 53.6 Å². The van der Waals surface area contributed by atoms with E-state index < -0.39 is 21.9 Å². The van der Waals surface area contributed by atoms with Gasteiger partial charge in [0, 0.05) is 24.6 Å². The first kappa shape index (κ1) is 28.9. The summed E-state index contributed by atoms with van der Waals surface area (Å²) >= 11 is 0. The molecule has 2 saturated carbocycles. The summed E-state index contributed by atoms with van der Waals surface area (Å²) in [7, 11) is -3.30. The SMILES string of the molecule is CCS(=O)(=O)c1ccc(CNC(=O)c2ccc(NC3CC3)c(NC(=O)CC3CCC(C(F)(F)F)CC3)c2)cc1. The van der Waals surface area contributed by atoms with E-state index in [4.69, 9.17) is 0 Å². The Balaban J connectivity index is 1.37. The van der Waals surface area contributed by atoms with Gasteiger partial charge in [0.15, 0.2) is 9.84 Å². The smallest absolute Gasteiger partial charge is 0.381 e. The molecule has 0 radical (unpaired) electrons. The van der Waals surface area contributed by atoms with Gasteiger partial charge < -0.3 is 16.0 Å². The van der Waals surface area contributed by atoms with Gasteiger partial charge >= 0.3 is 6.18 Å². The van der Waals surface area contributed by atoms with Crippen molar-refractivity contribution in [1.29, 1.82) is 0 Å². The van der Waals surface area contributed by atoms with E-state index in [0.29, 0.717) is 35.8 Å². The minimum absolute atomic E-state index is 0.00668. The van der Waals surface area contributed by atoms with Crippen LogP contribution >= 0.6 is 0 Å². The molecule has 2 aromatic carbocycles. The predicted molar refractivity (Wildman–Crippen MR) is 143 cm³/mol. The number of hydrogen-bond acceptors (Lipinski definition) is 5. The highest BCUT2D eigenvalue weighted by Crippen LogP contribution is 2.40. The third kappa shape index (κ3) is 7.97. The lowest BCUT2D eigenvalue weighted by Gasteiger charge is -2.29. The summed E-state index contributed by atoms with van der Waals surface area (Å²) in [5.41, 5.74) is 2.22. The zero-order valence-electron chi connectivity index (χ0n) is 21.8. The minimum Gasteiger partial charge on any atom is -0.381 e. The molecule has 3 N–H and O–H groups in total. The number of halogens is 3. The Morgan fingerprint density at radius 3 is 2.18 bits per heavy atom. The van der Waals surface area contributed by atoms with Gasteiger partial charge in [-0.3, -0.25) is 9.59 Å². The van der Waals surface area contributed by atoms with E-state index in [-0.39, 0.29) is 54.2 Å². The number of amides is 2. The highest BCUT2D eigenvalue weighted by molar-refractivity contribution is 7.91. The van der Waals surface area contributed by atoms with E-state index >= 15 is 0 Å². The first-order valence-corrected chi connectivity index (χ1v) is 15.0. The fourth-order valence-corrected chi connectivity index (χ4v) is 5.67. The number of sulfone groups is 1. The van der Waals surface area contributed by atoms with Gasteiger partial charge in [-0.05, 0) is 80.3 Å². The van der Waals surface area contributed by atoms with Crippen molar-refractivity contribution in [2.45, 2.75) is 75.5 Å². The number of rotatable bonds is 10. The molecule has 0 unspecified atom stereocenters. The number of benzene rings is 2. The van der Waals surface area contributed by atoms with Gasteiger partial charge in [0.25, 0.3) is 5.91 Å². The van der Waals surface area contributed by atoms with Crippen LogP contribution in [-0.4, -0.2) is 38.2 Å². The van der Waals surface area contributed by atoms with Crippen molar-refractivity contribution in [3.8, 4) is 0 Å². The lowest BCUT2D eigenvalue weighted by molar-refractivity contribution is -0.183. The van der Waals surface area contributed by atoms with E-state index in [9.17, 15) is 31.2 Å². The third-order valence-electron chi connectivity index (χ3n) is 7.39. The van der Waals surface area contributed by atoms with Crippen molar-refractivity contribution < 1.29 is 31.2 Å². The maximum absolute atomic E-state index is 13.0. The summed E-state index contributed by atoms with van der Waals surface area (Å²) in [6, 6.07) is 11.6. The van der Waals surface area contributed by atoms with E-state index in [1.807, 2.05) is 0 Å². The topological polar surface area (TPSA) is 104 Å². The van der Waals surface area contributed by atoms with Crippen LogP contribution in [0.5, 0.6) is 0 Å². The Kier molecular flexibility index (Phi) is 8.88. The van der Waals surface area contributed by atoms with Gasteiger partial charge in [0.2, 0.25) is 5.91 Å². The van der Waals surface area contributed by atoms with Crippen LogP contribution in [0.1, 0.15) is 67.8 Å². The molecule has 0 aliphatic heterocycles. The average Bonchev–Trinajstić information content (AvgIpc) is 3.72. The van der Waals surface area contributed by atoms with E-state index in [2.05, 4.69) is 16.0 Å². The van der Waals surface area contributed by atoms with Crippen LogP contribution in [0.4, 0.5) is 24.5 Å². The lowest BCUT2D eigenvalue weighted by atomic mass is 9.80. The lowest BCUT2D eigenvalue weighted by Crippen LogP contribution is -2.29. The minimum atomic E-state index is -4.18. The summed E-state index contributed by atoms with van der Waals surface area (Å²) < 4.78 is 62.8. The number of carbonyl (C=O) groups excluding carboxylic acids is 2. The maximum atomic E-state index is 13.0. The number of nitrogens with one attached hydrogen (secondary N) is 3. The maximum Gasteiger partial charge on any atom is 0.391 e. The highest BCUT2D eigenvalue weighted by Gasteiger charge is 2.41. The van der Waals surface area contributed by atoms with Gasteiger partial charge in [-0.15, -0.1) is 0 Å². The van der Waals surface area contributed by atoms with Crippen LogP contribution < -0.4 is 16.0 Å². The molecule has 0 aromatic heterocycles. The average molecular weight is 566 g/mol. The highest BCUT2D eigenvalue weighted by atomic mass is 32.2. The molecule has 0 spiro atoms. The molecule has 0 bridgehead atoms. The second kappa shape index (κ2) is 12.0. The van der Waals surface area contributed by atoms with Crippen molar-refractivity contribution >= 4 is 33.0 Å². The summed E-state index contributed by atoms with van der Waals surface area (Å²) in [6.45, 7) is 1.77. The first-order chi connectivity index (χ1) is 18.4. The normalized spacial score (nSPS) is 19.8. The molecule has 0 heterocycles. The molecule has 2 fully saturated rings. The number of carbonyl (C=O) groups is 2. The molecule has 2 aliphatic carbocycles. The predicted octanol–water partition coefficient (Wildman–Crippen LogP) is 5.68. The second-order valence-electron chi connectivity index (χ2n) is 10.4. The van der Waals surface area contributed by atoms with Gasteiger partial charge in [0.1, 0.15) is 0 Å².